The van der Waals surface area contributed by atoms with Crippen LogP contribution in [0.2, 0.25) is 10.0 Å². The van der Waals surface area contributed by atoms with Crippen LogP contribution in [0.15, 0.2) is 42.5 Å². The van der Waals surface area contributed by atoms with Gasteiger partial charge in [-0.2, -0.15) is 0 Å². The van der Waals surface area contributed by atoms with E-state index in [1.54, 1.807) is 21.7 Å². The third kappa shape index (κ3) is 4.09. The highest BCUT2D eigenvalue weighted by molar-refractivity contribution is 6.31. The third-order valence-corrected chi connectivity index (χ3v) is 8.54. The molecule has 0 aliphatic carbocycles. The molecule has 0 radical (unpaired) electrons. The summed E-state index contributed by atoms with van der Waals surface area (Å²) in [6.07, 6.45) is -0.0504. The van der Waals surface area contributed by atoms with E-state index < -0.39 is 5.41 Å². The summed E-state index contributed by atoms with van der Waals surface area (Å²) in [4.78, 5) is 34.0. The highest BCUT2D eigenvalue weighted by Gasteiger charge is 2.58. The lowest BCUT2D eigenvalue weighted by Crippen LogP contribution is -2.50. The number of aromatic nitrogens is 3. The standard InChI is InChI=1S/C27H29Cl2N7O2/c1-17(18-3-5-19(28)6-4-18)36-25-24(31-32-36)27(16-23(37)30-25)21-15-20(29)7-8-22(21)35(26(27)38)14-13-34-11-9-33(2)10-12-34/h3-8,15,17H,9-14,16H2,1-2H3,(H,30,37)/t17?,27-/m1/s1. The quantitative estimate of drug-likeness (QED) is 0.521. The second kappa shape index (κ2) is 9.64. The summed E-state index contributed by atoms with van der Waals surface area (Å²) >= 11 is 12.5. The van der Waals surface area contributed by atoms with Crippen LogP contribution in [-0.4, -0.2) is 82.9 Å². The van der Waals surface area contributed by atoms with E-state index in [1.807, 2.05) is 37.3 Å². The molecule has 2 amide bonds. The van der Waals surface area contributed by atoms with Crippen LogP contribution in [0.5, 0.6) is 0 Å². The minimum Gasteiger partial charge on any atom is -0.310 e. The lowest BCUT2D eigenvalue weighted by molar-refractivity contribution is -0.126. The topological polar surface area (TPSA) is 86.6 Å². The summed E-state index contributed by atoms with van der Waals surface area (Å²) in [7, 11) is 2.12. The summed E-state index contributed by atoms with van der Waals surface area (Å²) in [6, 6.07) is 12.7. The van der Waals surface area contributed by atoms with Gasteiger partial charge in [-0.15, -0.1) is 5.10 Å². The van der Waals surface area contributed by atoms with E-state index >= 15 is 0 Å². The van der Waals surface area contributed by atoms with E-state index in [0.29, 0.717) is 33.7 Å². The molecule has 1 spiro atoms. The maximum atomic E-state index is 14.4. The number of likely N-dealkylation sites (N-methyl/N-ethyl adjacent to an activating group) is 1. The van der Waals surface area contributed by atoms with Crippen LogP contribution in [0.3, 0.4) is 0 Å². The van der Waals surface area contributed by atoms with Gasteiger partial charge in [-0.3, -0.25) is 14.5 Å². The molecule has 3 aliphatic rings. The Labute approximate surface area is 231 Å². The number of nitrogens with one attached hydrogen (secondary N) is 1. The summed E-state index contributed by atoms with van der Waals surface area (Å²) in [5.74, 6) is 0.0135. The van der Waals surface area contributed by atoms with Crippen molar-refractivity contribution in [1.29, 1.82) is 0 Å². The Morgan fingerprint density at radius 3 is 2.45 bits per heavy atom. The first-order valence-electron chi connectivity index (χ1n) is 12.8. The number of anilines is 2. The van der Waals surface area contributed by atoms with Gasteiger partial charge in [-0.05, 0) is 55.4 Å². The molecular weight excluding hydrogens is 525 g/mol. The number of halogens is 2. The highest BCUT2D eigenvalue weighted by Crippen LogP contribution is 2.52. The second-order valence-corrected chi connectivity index (χ2v) is 11.2. The largest absolute Gasteiger partial charge is 0.310 e. The molecule has 1 fully saturated rings. The molecule has 9 nitrogen and oxygen atoms in total. The number of hydrogen-bond acceptors (Lipinski definition) is 6. The van der Waals surface area contributed by atoms with E-state index in [-0.39, 0.29) is 24.3 Å². The first-order valence-corrected chi connectivity index (χ1v) is 13.6. The minimum atomic E-state index is -1.28. The fraction of sp³-hybridized carbons (Fsp3) is 0.407. The maximum absolute atomic E-state index is 14.4. The highest BCUT2D eigenvalue weighted by atomic mass is 35.5. The van der Waals surface area contributed by atoms with Crippen molar-refractivity contribution in [3.63, 3.8) is 0 Å². The Morgan fingerprint density at radius 2 is 1.71 bits per heavy atom. The zero-order valence-corrected chi connectivity index (χ0v) is 22.8. The normalized spacial score (nSPS) is 22.5. The van der Waals surface area contributed by atoms with Gasteiger partial charge in [-0.25, -0.2) is 4.68 Å². The summed E-state index contributed by atoms with van der Waals surface area (Å²) in [6.45, 7) is 7.16. The zero-order valence-electron chi connectivity index (χ0n) is 21.3. The van der Waals surface area contributed by atoms with Gasteiger partial charge in [0.2, 0.25) is 11.8 Å². The average molecular weight is 554 g/mol. The first-order chi connectivity index (χ1) is 18.3. The Morgan fingerprint density at radius 1 is 1.00 bits per heavy atom. The Balaban J connectivity index is 1.39. The monoisotopic (exact) mass is 553 g/mol. The third-order valence-electron chi connectivity index (χ3n) is 8.06. The molecule has 2 aromatic carbocycles. The average Bonchev–Trinajstić information content (AvgIpc) is 3.42. The molecule has 1 N–H and O–H groups in total. The van der Waals surface area contributed by atoms with Gasteiger partial charge in [0.15, 0.2) is 5.82 Å². The molecule has 6 rings (SSSR count). The Bertz CT molecular complexity index is 1400. The van der Waals surface area contributed by atoms with Crippen LogP contribution < -0.4 is 10.2 Å². The van der Waals surface area contributed by atoms with Crippen molar-refractivity contribution in [2.24, 2.45) is 0 Å². The molecule has 0 bridgehead atoms. The lowest BCUT2D eigenvalue weighted by atomic mass is 9.73. The molecule has 4 heterocycles. The molecule has 2 atom stereocenters. The number of rotatable bonds is 5. The van der Waals surface area contributed by atoms with Crippen LogP contribution in [0.1, 0.15) is 36.2 Å². The van der Waals surface area contributed by atoms with E-state index in [0.717, 1.165) is 44.0 Å². The fourth-order valence-electron chi connectivity index (χ4n) is 5.83. The number of carbonyl (C=O) groups excluding carboxylic acids is 2. The van der Waals surface area contributed by atoms with Gasteiger partial charge >= 0.3 is 0 Å². The van der Waals surface area contributed by atoms with Crippen molar-refractivity contribution < 1.29 is 9.59 Å². The minimum absolute atomic E-state index is 0.0504. The SMILES string of the molecule is CC(c1ccc(Cl)cc1)n1nnc2c1NC(=O)C[C@]21C(=O)N(CCN2CCN(C)CC2)c2ccc(Cl)cc21. The number of amides is 2. The zero-order chi connectivity index (χ0) is 26.6. The predicted molar refractivity (Wildman–Crippen MR) is 147 cm³/mol. The molecule has 1 unspecified atom stereocenters. The van der Waals surface area contributed by atoms with E-state index in [2.05, 4.69) is 32.5 Å². The number of benzene rings is 2. The summed E-state index contributed by atoms with van der Waals surface area (Å²) < 4.78 is 1.67. The number of carbonyl (C=O) groups is 2. The van der Waals surface area contributed by atoms with Crippen molar-refractivity contribution in [2.45, 2.75) is 24.8 Å². The lowest BCUT2D eigenvalue weighted by Gasteiger charge is -2.34. The van der Waals surface area contributed by atoms with Crippen LogP contribution in [0, 0.1) is 0 Å². The first kappa shape index (κ1) is 25.3. The maximum Gasteiger partial charge on any atom is 0.244 e. The molecule has 3 aliphatic heterocycles. The molecule has 11 heteroatoms. The van der Waals surface area contributed by atoms with Crippen molar-refractivity contribution in [2.75, 3.05) is 56.5 Å². The summed E-state index contributed by atoms with van der Waals surface area (Å²) in [5, 5.41) is 13.0. The van der Waals surface area contributed by atoms with Gasteiger partial charge in [0.05, 0.1) is 12.5 Å². The second-order valence-electron chi connectivity index (χ2n) is 10.4. The van der Waals surface area contributed by atoms with Crippen LogP contribution in [0.4, 0.5) is 11.5 Å². The van der Waals surface area contributed by atoms with Crippen molar-refractivity contribution in [1.82, 2.24) is 24.8 Å². The Hall–Kier alpha value is -2.98. The summed E-state index contributed by atoms with van der Waals surface area (Å²) in [5.41, 5.74) is 1.60. The molecule has 1 aromatic heterocycles. The number of hydrogen-bond donors (Lipinski definition) is 1. The predicted octanol–water partition coefficient (Wildman–Crippen LogP) is 3.42. The van der Waals surface area contributed by atoms with Crippen molar-refractivity contribution in [3.05, 3.63) is 69.3 Å². The molecule has 198 valence electrons. The smallest absolute Gasteiger partial charge is 0.244 e. The van der Waals surface area contributed by atoms with E-state index in [4.69, 9.17) is 23.2 Å². The van der Waals surface area contributed by atoms with Gasteiger partial charge in [0, 0.05) is 55.0 Å². The van der Waals surface area contributed by atoms with Crippen molar-refractivity contribution in [3.8, 4) is 0 Å². The van der Waals surface area contributed by atoms with Gasteiger partial charge in [0.25, 0.3) is 0 Å². The van der Waals surface area contributed by atoms with Gasteiger partial charge < -0.3 is 15.1 Å². The van der Waals surface area contributed by atoms with Crippen LogP contribution >= 0.6 is 23.2 Å². The fourth-order valence-corrected chi connectivity index (χ4v) is 6.12. The van der Waals surface area contributed by atoms with Gasteiger partial charge in [-0.1, -0.05) is 40.5 Å². The molecule has 3 aromatic rings. The molecule has 1 saturated heterocycles. The van der Waals surface area contributed by atoms with Gasteiger partial charge in [0.1, 0.15) is 11.1 Å². The van der Waals surface area contributed by atoms with Crippen LogP contribution in [-0.2, 0) is 15.0 Å². The molecule has 0 saturated carbocycles. The van der Waals surface area contributed by atoms with Crippen LogP contribution in [0.25, 0.3) is 0 Å². The Kier molecular flexibility index (Phi) is 6.42. The molecular formula is C27H29Cl2N7O2. The van der Waals surface area contributed by atoms with Crippen molar-refractivity contribution >= 4 is 46.5 Å². The number of fused-ring (bicyclic) bond motifs is 4. The number of piperazine rings is 1. The van der Waals surface area contributed by atoms with E-state index in [9.17, 15) is 9.59 Å². The van der Waals surface area contributed by atoms with E-state index in [1.165, 1.54) is 0 Å². The number of nitrogens with zero attached hydrogens (tertiary/aromatic N) is 6. The molecule has 38 heavy (non-hydrogen) atoms.